The Labute approximate surface area is 149 Å². The van der Waals surface area contributed by atoms with Crippen molar-refractivity contribution in [2.75, 3.05) is 19.6 Å². The first-order valence-electron chi connectivity index (χ1n) is 8.18. The minimum atomic E-state index is -0.358. The highest BCUT2D eigenvalue weighted by molar-refractivity contribution is 7.12. The molecule has 1 aliphatic rings. The third-order valence-electron chi connectivity index (χ3n) is 4.25. The van der Waals surface area contributed by atoms with E-state index in [0.29, 0.717) is 11.4 Å². The first kappa shape index (κ1) is 17.6. The number of benzene rings is 1. The van der Waals surface area contributed by atoms with E-state index in [1.807, 2.05) is 16.3 Å². The smallest absolute Gasteiger partial charge is 0.262 e. The molecule has 0 aliphatic carbocycles. The van der Waals surface area contributed by atoms with Crippen molar-refractivity contribution in [3.63, 3.8) is 0 Å². The average Bonchev–Trinajstić information content (AvgIpc) is 3.05. The lowest BCUT2D eigenvalue weighted by Gasteiger charge is -2.32. The minimum Gasteiger partial charge on any atom is -0.369 e. The van der Waals surface area contributed by atoms with Crippen LogP contribution in [0.2, 0.25) is 0 Å². The van der Waals surface area contributed by atoms with Gasteiger partial charge in [0.1, 0.15) is 5.82 Å². The van der Waals surface area contributed by atoms with Crippen molar-refractivity contribution in [1.82, 2.24) is 10.2 Å². The lowest BCUT2D eigenvalue weighted by atomic mass is 10.0. The van der Waals surface area contributed by atoms with Gasteiger partial charge in [-0.25, -0.2) is 4.39 Å². The van der Waals surface area contributed by atoms with Crippen LogP contribution in [0.4, 0.5) is 4.39 Å². The summed E-state index contributed by atoms with van der Waals surface area (Å²) in [5, 5.41) is 4.90. The third kappa shape index (κ3) is 4.43. The van der Waals surface area contributed by atoms with Gasteiger partial charge in [-0.2, -0.15) is 0 Å². The Morgan fingerprint density at radius 1 is 1.28 bits per heavy atom. The molecule has 1 saturated heterocycles. The zero-order valence-corrected chi connectivity index (χ0v) is 14.5. The van der Waals surface area contributed by atoms with Crippen molar-refractivity contribution in [1.29, 1.82) is 0 Å². The molecule has 25 heavy (non-hydrogen) atoms. The molecule has 1 unspecified atom stereocenters. The van der Waals surface area contributed by atoms with Crippen LogP contribution in [0.1, 0.15) is 22.5 Å². The van der Waals surface area contributed by atoms with Gasteiger partial charge in [0.2, 0.25) is 5.91 Å². The molecule has 7 heteroatoms. The van der Waals surface area contributed by atoms with E-state index >= 15 is 0 Å². The van der Waals surface area contributed by atoms with E-state index in [1.165, 1.54) is 23.5 Å². The van der Waals surface area contributed by atoms with Crippen LogP contribution in [0, 0.1) is 5.82 Å². The molecule has 0 bridgehead atoms. The standard InChI is InChI=1S/C18H20FN3O2S/c19-13-5-3-12(4-6-13)15-7-9-25-17(15)18(24)21-14-2-1-8-22(10-14)11-16(20)23/h3-7,9,14H,1-2,8,10-11H2,(H2,20,23)(H,21,24). The molecule has 0 spiro atoms. The number of nitrogens with zero attached hydrogens (tertiary/aromatic N) is 1. The predicted molar refractivity (Wildman–Crippen MR) is 95.8 cm³/mol. The number of primary amides is 1. The van der Waals surface area contributed by atoms with Gasteiger partial charge in [-0.15, -0.1) is 11.3 Å². The van der Waals surface area contributed by atoms with Gasteiger partial charge in [0.05, 0.1) is 11.4 Å². The Balaban J connectivity index is 1.69. The van der Waals surface area contributed by atoms with E-state index in [2.05, 4.69) is 5.32 Å². The quantitative estimate of drug-likeness (QED) is 0.858. The van der Waals surface area contributed by atoms with Gasteiger partial charge in [0, 0.05) is 18.2 Å². The summed E-state index contributed by atoms with van der Waals surface area (Å²) in [5.74, 6) is -0.800. The molecule has 2 amide bonds. The normalized spacial score (nSPS) is 18.0. The van der Waals surface area contributed by atoms with E-state index in [0.717, 1.165) is 30.5 Å². The van der Waals surface area contributed by atoms with E-state index in [-0.39, 0.29) is 30.2 Å². The van der Waals surface area contributed by atoms with Crippen LogP contribution in [-0.2, 0) is 4.79 Å². The van der Waals surface area contributed by atoms with E-state index in [9.17, 15) is 14.0 Å². The lowest BCUT2D eigenvalue weighted by molar-refractivity contribution is -0.119. The van der Waals surface area contributed by atoms with Crippen LogP contribution < -0.4 is 11.1 Å². The molecule has 1 aromatic heterocycles. The molecule has 0 radical (unpaired) electrons. The minimum absolute atomic E-state index is 0.0104. The second-order valence-electron chi connectivity index (χ2n) is 6.18. The monoisotopic (exact) mass is 361 g/mol. The van der Waals surface area contributed by atoms with Gasteiger partial charge in [-0.3, -0.25) is 14.5 Å². The maximum absolute atomic E-state index is 13.1. The summed E-state index contributed by atoms with van der Waals surface area (Å²) in [4.78, 5) is 26.3. The molecular weight excluding hydrogens is 341 g/mol. The fourth-order valence-corrected chi connectivity index (χ4v) is 3.95. The Morgan fingerprint density at radius 3 is 2.76 bits per heavy atom. The Morgan fingerprint density at radius 2 is 2.04 bits per heavy atom. The van der Waals surface area contributed by atoms with Gasteiger partial charge in [0.15, 0.2) is 0 Å². The van der Waals surface area contributed by atoms with E-state index < -0.39 is 0 Å². The summed E-state index contributed by atoms with van der Waals surface area (Å²) < 4.78 is 13.1. The summed E-state index contributed by atoms with van der Waals surface area (Å²) in [7, 11) is 0. The lowest BCUT2D eigenvalue weighted by Crippen LogP contribution is -2.49. The summed E-state index contributed by atoms with van der Waals surface area (Å²) in [6.07, 6.45) is 1.78. The molecule has 3 N–H and O–H groups in total. The predicted octanol–water partition coefficient (Wildman–Crippen LogP) is 2.23. The summed E-state index contributed by atoms with van der Waals surface area (Å²) in [5.41, 5.74) is 6.86. The molecule has 1 aliphatic heterocycles. The van der Waals surface area contributed by atoms with E-state index in [1.54, 1.807) is 12.1 Å². The number of nitrogens with two attached hydrogens (primary N) is 1. The van der Waals surface area contributed by atoms with Gasteiger partial charge in [-0.1, -0.05) is 12.1 Å². The van der Waals surface area contributed by atoms with Gasteiger partial charge in [-0.05, 0) is 48.5 Å². The number of piperidine rings is 1. The summed E-state index contributed by atoms with van der Waals surface area (Å²) in [6, 6.07) is 7.97. The Bertz CT molecular complexity index is 760. The van der Waals surface area contributed by atoms with Crippen molar-refractivity contribution >= 4 is 23.2 Å². The average molecular weight is 361 g/mol. The molecule has 5 nitrogen and oxygen atoms in total. The van der Waals surface area contributed by atoms with Crippen LogP contribution in [0.25, 0.3) is 11.1 Å². The number of hydrogen-bond acceptors (Lipinski definition) is 4. The molecule has 0 saturated carbocycles. The summed E-state index contributed by atoms with van der Waals surface area (Å²) >= 11 is 1.36. The van der Waals surface area contributed by atoms with Crippen LogP contribution in [0.5, 0.6) is 0 Å². The van der Waals surface area contributed by atoms with Crippen LogP contribution in [-0.4, -0.2) is 42.4 Å². The molecular formula is C18H20FN3O2S. The summed E-state index contributed by atoms with van der Waals surface area (Å²) in [6.45, 7) is 1.65. The zero-order chi connectivity index (χ0) is 17.8. The molecule has 1 aromatic carbocycles. The van der Waals surface area contributed by atoms with Crippen molar-refractivity contribution < 1.29 is 14.0 Å². The molecule has 3 rings (SSSR count). The van der Waals surface area contributed by atoms with Crippen LogP contribution >= 0.6 is 11.3 Å². The molecule has 132 valence electrons. The number of rotatable bonds is 5. The number of halogens is 1. The van der Waals surface area contributed by atoms with Crippen molar-refractivity contribution in [2.24, 2.45) is 5.73 Å². The largest absolute Gasteiger partial charge is 0.369 e. The number of hydrogen-bond donors (Lipinski definition) is 2. The Kier molecular flexibility index (Phi) is 5.45. The van der Waals surface area contributed by atoms with Gasteiger partial charge in [0.25, 0.3) is 5.91 Å². The number of likely N-dealkylation sites (tertiary alicyclic amines) is 1. The molecule has 2 aromatic rings. The third-order valence-corrected chi connectivity index (χ3v) is 5.16. The number of amides is 2. The second-order valence-corrected chi connectivity index (χ2v) is 7.10. The second kappa shape index (κ2) is 7.76. The highest BCUT2D eigenvalue weighted by Gasteiger charge is 2.24. The number of nitrogens with one attached hydrogen (secondary N) is 1. The number of thiophene rings is 1. The molecule has 2 heterocycles. The molecule has 1 atom stereocenters. The van der Waals surface area contributed by atoms with Crippen LogP contribution in [0.15, 0.2) is 35.7 Å². The van der Waals surface area contributed by atoms with E-state index in [4.69, 9.17) is 5.73 Å². The maximum Gasteiger partial charge on any atom is 0.262 e. The fraction of sp³-hybridized carbons (Fsp3) is 0.333. The number of carbonyl (C=O) groups is 2. The van der Waals surface area contributed by atoms with Crippen molar-refractivity contribution in [2.45, 2.75) is 18.9 Å². The van der Waals surface area contributed by atoms with Gasteiger partial charge < -0.3 is 11.1 Å². The first-order valence-corrected chi connectivity index (χ1v) is 9.06. The fourth-order valence-electron chi connectivity index (χ4n) is 3.13. The van der Waals surface area contributed by atoms with Crippen molar-refractivity contribution in [3.8, 4) is 11.1 Å². The number of carbonyl (C=O) groups excluding carboxylic acids is 2. The highest BCUT2D eigenvalue weighted by Crippen LogP contribution is 2.28. The molecule has 1 fully saturated rings. The van der Waals surface area contributed by atoms with Gasteiger partial charge >= 0.3 is 0 Å². The van der Waals surface area contributed by atoms with Crippen molar-refractivity contribution in [3.05, 3.63) is 46.4 Å². The maximum atomic E-state index is 13.1. The zero-order valence-electron chi connectivity index (χ0n) is 13.7. The highest BCUT2D eigenvalue weighted by atomic mass is 32.1. The SMILES string of the molecule is NC(=O)CN1CCCC(NC(=O)c2sccc2-c2ccc(F)cc2)C1. The Hall–Kier alpha value is -2.25. The van der Waals surface area contributed by atoms with Crippen LogP contribution in [0.3, 0.4) is 0 Å². The topological polar surface area (TPSA) is 75.4 Å². The first-order chi connectivity index (χ1) is 12.0.